The van der Waals surface area contributed by atoms with E-state index in [2.05, 4.69) is 15.9 Å². The molecule has 0 atom stereocenters. The van der Waals surface area contributed by atoms with Gasteiger partial charge in [-0.2, -0.15) is 0 Å². The van der Waals surface area contributed by atoms with Crippen LogP contribution >= 0.6 is 15.9 Å². The highest BCUT2D eigenvalue weighted by molar-refractivity contribution is 9.10. The van der Waals surface area contributed by atoms with E-state index in [0.29, 0.717) is 10.0 Å². The molecule has 104 valence electrons. The minimum absolute atomic E-state index is 0.0134. The molecule has 0 saturated carbocycles. The first-order valence-corrected chi connectivity index (χ1v) is 6.39. The fraction of sp³-hybridized carbons (Fsp3) is 0.167. The van der Waals surface area contributed by atoms with Crippen LogP contribution < -0.4 is 11.2 Å². The maximum absolute atomic E-state index is 11.9. The lowest BCUT2D eigenvalue weighted by molar-refractivity contribution is -0.385. The molecule has 2 rings (SSSR count). The Morgan fingerprint density at radius 3 is 2.65 bits per heavy atom. The lowest BCUT2D eigenvalue weighted by atomic mass is 10.2. The maximum atomic E-state index is 11.9. The monoisotopic (exact) mass is 339 g/mol. The molecule has 2 aromatic rings. The van der Waals surface area contributed by atoms with Crippen molar-refractivity contribution in [2.75, 3.05) is 0 Å². The van der Waals surface area contributed by atoms with Crippen LogP contribution in [0.2, 0.25) is 0 Å². The maximum Gasteiger partial charge on any atom is 0.331 e. The van der Waals surface area contributed by atoms with E-state index in [1.807, 2.05) is 0 Å². The zero-order chi connectivity index (χ0) is 14.9. The van der Waals surface area contributed by atoms with Gasteiger partial charge in [0.1, 0.15) is 0 Å². The van der Waals surface area contributed by atoms with E-state index in [9.17, 15) is 19.7 Å². The third-order valence-corrected chi connectivity index (χ3v) is 3.46. The molecule has 0 spiro atoms. The van der Waals surface area contributed by atoms with E-state index < -0.39 is 16.2 Å². The number of benzene rings is 1. The third kappa shape index (κ3) is 2.69. The molecule has 0 radical (unpaired) electrons. The largest absolute Gasteiger partial charge is 0.331 e. The zero-order valence-electron chi connectivity index (χ0n) is 10.4. The molecule has 0 fully saturated rings. The Hall–Kier alpha value is -2.22. The fourth-order valence-corrected chi connectivity index (χ4v) is 2.13. The van der Waals surface area contributed by atoms with Crippen molar-refractivity contribution in [2.24, 2.45) is 7.05 Å². The molecular formula is C12H10BrN3O4. The van der Waals surface area contributed by atoms with E-state index in [4.69, 9.17) is 0 Å². The van der Waals surface area contributed by atoms with Gasteiger partial charge in [0.15, 0.2) is 0 Å². The molecule has 0 saturated heterocycles. The second kappa shape index (κ2) is 5.41. The normalized spacial score (nSPS) is 10.5. The van der Waals surface area contributed by atoms with E-state index in [1.165, 1.54) is 36.0 Å². The Bertz CT molecular complexity index is 794. The van der Waals surface area contributed by atoms with Crippen molar-refractivity contribution < 1.29 is 4.92 Å². The van der Waals surface area contributed by atoms with Crippen LogP contribution in [0.15, 0.2) is 44.5 Å². The molecule has 20 heavy (non-hydrogen) atoms. The molecule has 0 aliphatic carbocycles. The van der Waals surface area contributed by atoms with Crippen LogP contribution in [0.3, 0.4) is 0 Å². The Kier molecular flexibility index (Phi) is 3.84. The van der Waals surface area contributed by atoms with Crippen molar-refractivity contribution in [3.8, 4) is 0 Å². The average molecular weight is 340 g/mol. The summed E-state index contributed by atoms with van der Waals surface area (Å²) in [5, 5.41) is 10.9. The first-order chi connectivity index (χ1) is 9.40. The van der Waals surface area contributed by atoms with Gasteiger partial charge in [-0.05, 0) is 27.6 Å². The van der Waals surface area contributed by atoms with Gasteiger partial charge in [0.05, 0.1) is 15.9 Å². The van der Waals surface area contributed by atoms with Gasteiger partial charge in [-0.3, -0.25) is 19.5 Å². The Morgan fingerprint density at radius 1 is 1.30 bits per heavy atom. The molecule has 1 aromatic carbocycles. The molecule has 0 aliphatic heterocycles. The summed E-state index contributed by atoms with van der Waals surface area (Å²) in [6, 6.07) is 5.75. The van der Waals surface area contributed by atoms with E-state index >= 15 is 0 Å². The van der Waals surface area contributed by atoms with Gasteiger partial charge >= 0.3 is 5.69 Å². The fourth-order valence-electron chi connectivity index (χ4n) is 1.74. The van der Waals surface area contributed by atoms with Gasteiger partial charge in [0.25, 0.3) is 11.2 Å². The summed E-state index contributed by atoms with van der Waals surface area (Å²) < 4.78 is 2.64. The van der Waals surface area contributed by atoms with Gasteiger partial charge in [0.2, 0.25) is 0 Å². The first kappa shape index (κ1) is 14.2. The van der Waals surface area contributed by atoms with Crippen LogP contribution in [0.5, 0.6) is 0 Å². The average Bonchev–Trinajstić information content (AvgIpc) is 2.40. The molecule has 7 nitrogen and oxygen atoms in total. The summed E-state index contributed by atoms with van der Waals surface area (Å²) in [6.45, 7) is -0.0134. The van der Waals surface area contributed by atoms with Crippen molar-refractivity contribution in [2.45, 2.75) is 6.54 Å². The predicted octanol–water partition coefficient (Wildman–Crippen LogP) is 1.27. The van der Waals surface area contributed by atoms with E-state index in [-0.39, 0.29) is 12.2 Å². The number of nitrogens with zero attached hydrogens (tertiary/aromatic N) is 3. The smallest absolute Gasteiger partial charge is 0.303 e. The summed E-state index contributed by atoms with van der Waals surface area (Å²) in [6.07, 6.45) is 1.38. The van der Waals surface area contributed by atoms with E-state index in [0.717, 1.165) is 4.57 Å². The Balaban J connectivity index is 2.49. The summed E-state index contributed by atoms with van der Waals surface area (Å²) in [7, 11) is 1.53. The van der Waals surface area contributed by atoms with Crippen LogP contribution in [0.1, 0.15) is 5.56 Å². The number of aromatic nitrogens is 2. The highest BCUT2D eigenvalue weighted by atomic mass is 79.9. The third-order valence-electron chi connectivity index (χ3n) is 2.79. The van der Waals surface area contributed by atoms with Crippen molar-refractivity contribution in [1.29, 1.82) is 0 Å². The number of rotatable bonds is 3. The van der Waals surface area contributed by atoms with Gasteiger partial charge in [-0.1, -0.05) is 6.07 Å². The highest BCUT2D eigenvalue weighted by Gasteiger charge is 2.13. The summed E-state index contributed by atoms with van der Waals surface area (Å²) in [5.74, 6) is 0. The molecule has 0 amide bonds. The lowest BCUT2D eigenvalue weighted by Crippen LogP contribution is -2.38. The molecule has 8 heteroatoms. The van der Waals surface area contributed by atoms with Gasteiger partial charge in [-0.25, -0.2) is 4.79 Å². The number of nitro benzene ring substituents is 1. The number of nitro groups is 1. The van der Waals surface area contributed by atoms with Crippen LogP contribution in [-0.4, -0.2) is 14.1 Å². The van der Waals surface area contributed by atoms with Gasteiger partial charge < -0.3 is 4.57 Å². The SMILES string of the molecule is Cn1ccc(=O)n(Cc2ccc(Br)c([N+](=O)[O-])c2)c1=O. The quantitative estimate of drug-likeness (QED) is 0.622. The van der Waals surface area contributed by atoms with Gasteiger partial charge in [0, 0.05) is 25.4 Å². The second-order valence-electron chi connectivity index (χ2n) is 4.18. The van der Waals surface area contributed by atoms with Crippen molar-refractivity contribution in [3.05, 3.63) is 71.5 Å². The Morgan fingerprint density at radius 2 is 2.00 bits per heavy atom. The summed E-state index contributed by atoms with van der Waals surface area (Å²) >= 11 is 3.08. The molecule has 0 bridgehead atoms. The van der Waals surface area contributed by atoms with Crippen LogP contribution in [0, 0.1) is 10.1 Å². The molecule has 1 heterocycles. The van der Waals surface area contributed by atoms with Crippen molar-refractivity contribution in [3.63, 3.8) is 0 Å². The highest BCUT2D eigenvalue weighted by Crippen LogP contribution is 2.25. The van der Waals surface area contributed by atoms with Crippen molar-refractivity contribution in [1.82, 2.24) is 9.13 Å². The minimum Gasteiger partial charge on any atom is -0.303 e. The Labute approximate surface area is 121 Å². The number of hydrogen-bond acceptors (Lipinski definition) is 4. The summed E-state index contributed by atoms with van der Waals surface area (Å²) in [5.41, 5.74) is -0.518. The second-order valence-corrected chi connectivity index (χ2v) is 5.03. The molecule has 0 N–H and O–H groups in total. The van der Waals surface area contributed by atoms with Crippen LogP contribution in [-0.2, 0) is 13.6 Å². The lowest BCUT2D eigenvalue weighted by Gasteiger charge is -2.07. The number of aryl methyl sites for hydroxylation is 1. The topological polar surface area (TPSA) is 87.1 Å². The van der Waals surface area contributed by atoms with E-state index in [1.54, 1.807) is 6.07 Å². The molecule has 0 aliphatic rings. The number of hydrogen-bond donors (Lipinski definition) is 0. The number of halogens is 1. The first-order valence-electron chi connectivity index (χ1n) is 5.59. The van der Waals surface area contributed by atoms with Crippen LogP contribution in [0.4, 0.5) is 5.69 Å². The minimum atomic E-state index is -0.528. The molecule has 1 aromatic heterocycles. The zero-order valence-corrected chi connectivity index (χ0v) is 12.0. The predicted molar refractivity (Wildman–Crippen MR) is 75.8 cm³/mol. The standard InChI is InChI=1S/C12H10BrN3O4/c1-14-5-4-11(17)15(12(14)18)7-8-2-3-9(13)10(6-8)16(19)20/h2-6H,7H2,1H3. The van der Waals surface area contributed by atoms with Gasteiger partial charge in [-0.15, -0.1) is 0 Å². The molecule has 0 unspecified atom stereocenters. The molecular weight excluding hydrogens is 330 g/mol. The van der Waals surface area contributed by atoms with Crippen LogP contribution in [0.25, 0.3) is 0 Å². The van der Waals surface area contributed by atoms with Crippen molar-refractivity contribution >= 4 is 21.6 Å². The summed E-state index contributed by atoms with van der Waals surface area (Å²) in [4.78, 5) is 33.9.